The molecule has 2 aromatic carbocycles. The van der Waals surface area contributed by atoms with Crippen molar-refractivity contribution < 1.29 is 13.2 Å². The van der Waals surface area contributed by atoms with Crippen LogP contribution in [-0.2, 0) is 12.0 Å². The summed E-state index contributed by atoms with van der Waals surface area (Å²) in [4.78, 5) is 8.76. The number of nitrogens with two attached hydrogens (primary N) is 1. The molecule has 1 atom stereocenters. The van der Waals surface area contributed by atoms with E-state index in [-0.39, 0.29) is 11.5 Å². The normalized spacial score (nSPS) is 21.2. The zero-order valence-electron chi connectivity index (χ0n) is 14.8. The van der Waals surface area contributed by atoms with Crippen molar-refractivity contribution in [2.75, 3.05) is 5.32 Å². The van der Waals surface area contributed by atoms with Crippen molar-refractivity contribution in [2.45, 2.75) is 18.9 Å². The highest BCUT2D eigenvalue weighted by molar-refractivity contribution is 6.45. The van der Waals surface area contributed by atoms with Gasteiger partial charge in [0.15, 0.2) is 11.7 Å². The van der Waals surface area contributed by atoms with Gasteiger partial charge in [-0.1, -0.05) is 35.9 Å². The molecule has 0 amide bonds. The average molecular weight is 386 g/mol. The minimum Gasteiger partial charge on any atom is -0.337 e. The molecule has 144 valence electrons. The summed E-state index contributed by atoms with van der Waals surface area (Å²) >= 11 is 0. The number of benzene rings is 2. The second-order valence-corrected chi connectivity index (χ2v) is 6.53. The van der Waals surface area contributed by atoms with Crippen LogP contribution in [0.15, 0.2) is 70.9 Å². The van der Waals surface area contributed by atoms with Crippen LogP contribution in [0.1, 0.15) is 16.7 Å². The smallest absolute Gasteiger partial charge is 0.337 e. The van der Waals surface area contributed by atoms with E-state index in [4.69, 9.17) is 5.73 Å². The van der Waals surface area contributed by atoms with E-state index in [2.05, 4.69) is 20.7 Å². The van der Waals surface area contributed by atoms with Gasteiger partial charge in [-0.15, -0.1) is 0 Å². The number of nitrogens with zero attached hydrogens (tertiary/aromatic N) is 3. The fourth-order valence-corrected chi connectivity index (χ4v) is 3.00. The maximum atomic E-state index is 13.0. The predicted octanol–water partition coefficient (Wildman–Crippen LogP) is 3.30. The molecule has 2 aliphatic rings. The number of rotatable bonds is 2. The van der Waals surface area contributed by atoms with Crippen molar-refractivity contribution in [1.29, 1.82) is 0 Å². The number of halogens is 3. The van der Waals surface area contributed by atoms with Crippen LogP contribution in [0.3, 0.4) is 0 Å². The zero-order chi connectivity index (χ0) is 19.9. The molecule has 4 N–H and O–H groups in total. The molecule has 9 heteroatoms. The first-order chi connectivity index (χ1) is 13.2. The first kappa shape index (κ1) is 18.2. The first-order valence-corrected chi connectivity index (χ1v) is 8.47. The van der Waals surface area contributed by atoms with Crippen LogP contribution in [-0.4, -0.2) is 16.7 Å². The van der Waals surface area contributed by atoms with Gasteiger partial charge >= 0.3 is 6.18 Å². The van der Waals surface area contributed by atoms with Gasteiger partial charge in [0.25, 0.3) is 0 Å². The topological polar surface area (TPSA) is 78.0 Å². The number of hydrogen-bond acceptors (Lipinski definition) is 6. The Hall–Kier alpha value is -3.17. The van der Waals surface area contributed by atoms with Crippen LogP contribution < -0.4 is 16.5 Å². The van der Waals surface area contributed by atoms with Gasteiger partial charge in [-0.25, -0.2) is 9.98 Å². The summed E-state index contributed by atoms with van der Waals surface area (Å²) in [7, 11) is 0. The quantitative estimate of drug-likeness (QED) is 0.740. The number of hydrogen-bond donors (Lipinski definition) is 3. The Balaban J connectivity index is 1.65. The van der Waals surface area contributed by atoms with Crippen LogP contribution in [0, 0.1) is 6.92 Å². The lowest BCUT2D eigenvalue weighted by molar-refractivity contribution is -0.137. The molecule has 0 aliphatic carbocycles. The molecule has 2 heterocycles. The lowest BCUT2D eigenvalue weighted by Crippen LogP contribution is -2.51. The first-order valence-electron chi connectivity index (χ1n) is 8.47. The highest BCUT2D eigenvalue weighted by Crippen LogP contribution is 2.31. The predicted molar refractivity (Wildman–Crippen MR) is 101 cm³/mol. The Bertz CT molecular complexity index is 1010. The molecular weight excluding hydrogens is 369 g/mol. The monoisotopic (exact) mass is 386 g/mol. The number of hydrazine groups is 1. The number of aryl methyl sites for hydroxylation is 1. The number of alkyl halides is 3. The van der Waals surface area contributed by atoms with Crippen LogP contribution in [0.5, 0.6) is 0 Å². The van der Waals surface area contributed by atoms with Crippen LogP contribution in [0.25, 0.3) is 0 Å². The maximum absolute atomic E-state index is 13.0. The Kier molecular flexibility index (Phi) is 4.20. The second kappa shape index (κ2) is 6.47. The summed E-state index contributed by atoms with van der Waals surface area (Å²) in [5.74, 6) is -0.551. The minimum atomic E-state index is -4.43. The molecule has 4 rings (SSSR count). The molecule has 2 aromatic rings. The Labute approximate surface area is 159 Å². The molecule has 28 heavy (non-hydrogen) atoms. The molecule has 0 fully saturated rings. The summed E-state index contributed by atoms with van der Waals surface area (Å²) < 4.78 is 38.9. The number of amidine groups is 2. The third-order valence-electron chi connectivity index (χ3n) is 4.34. The molecule has 0 bridgehead atoms. The summed E-state index contributed by atoms with van der Waals surface area (Å²) in [6, 6.07) is 12.5. The van der Waals surface area contributed by atoms with E-state index in [1.807, 2.05) is 31.2 Å². The molecule has 0 saturated carbocycles. The zero-order valence-corrected chi connectivity index (χ0v) is 14.8. The van der Waals surface area contributed by atoms with E-state index in [9.17, 15) is 13.2 Å². The molecule has 2 aliphatic heterocycles. The number of nitrogens with one attached hydrogen (secondary N) is 2. The lowest BCUT2D eigenvalue weighted by Gasteiger charge is -2.25. The van der Waals surface area contributed by atoms with Crippen molar-refractivity contribution >= 4 is 17.4 Å². The SMILES string of the molecule is Cc1cccc(C2(N)N=C3C(Nc4cccc(C(F)(F)F)c4)=NC=CN3N2)c1. The largest absolute Gasteiger partial charge is 0.416 e. The highest BCUT2D eigenvalue weighted by Gasteiger charge is 2.39. The highest BCUT2D eigenvalue weighted by atomic mass is 19.4. The van der Waals surface area contributed by atoms with Gasteiger partial charge < -0.3 is 5.32 Å². The fourth-order valence-electron chi connectivity index (χ4n) is 3.00. The third-order valence-corrected chi connectivity index (χ3v) is 4.34. The number of fused-ring (bicyclic) bond motifs is 1. The van der Waals surface area contributed by atoms with Gasteiger partial charge in [-0.2, -0.15) is 18.6 Å². The van der Waals surface area contributed by atoms with E-state index in [1.54, 1.807) is 11.2 Å². The van der Waals surface area contributed by atoms with Crippen LogP contribution in [0.2, 0.25) is 0 Å². The summed E-state index contributed by atoms with van der Waals surface area (Å²) in [6.45, 7) is 1.95. The summed E-state index contributed by atoms with van der Waals surface area (Å²) in [6.07, 6.45) is -1.29. The number of aliphatic imine (C=N–C) groups is 2. The van der Waals surface area contributed by atoms with E-state index in [0.29, 0.717) is 5.84 Å². The second-order valence-electron chi connectivity index (χ2n) is 6.53. The van der Waals surface area contributed by atoms with E-state index in [0.717, 1.165) is 23.3 Å². The third kappa shape index (κ3) is 3.37. The Morgan fingerprint density at radius 2 is 1.93 bits per heavy atom. The fraction of sp³-hybridized carbons (Fsp3) is 0.158. The lowest BCUT2D eigenvalue weighted by atomic mass is 10.1. The summed E-state index contributed by atoms with van der Waals surface area (Å²) in [5.41, 5.74) is 10.8. The molecule has 0 aromatic heterocycles. The van der Waals surface area contributed by atoms with Gasteiger partial charge in [0, 0.05) is 23.7 Å². The Morgan fingerprint density at radius 1 is 1.14 bits per heavy atom. The summed E-state index contributed by atoms with van der Waals surface area (Å²) in [5, 5.41) is 4.48. The van der Waals surface area contributed by atoms with Gasteiger partial charge in [-0.3, -0.25) is 10.7 Å². The van der Waals surface area contributed by atoms with Crippen molar-refractivity contribution in [3.8, 4) is 0 Å². The van der Waals surface area contributed by atoms with Crippen molar-refractivity contribution in [3.05, 3.63) is 77.6 Å². The molecule has 1 unspecified atom stereocenters. The maximum Gasteiger partial charge on any atom is 0.416 e. The average Bonchev–Trinajstić information content (AvgIpc) is 3.00. The molecule has 6 nitrogen and oxygen atoms in total. The Morgan fingerprint density at radius 3 is 2.68 bits per heavy atom. The van der Waals surface area contributed by atoms with Crippen LogP contribution in [0.4, 0.5) is 18.9 Å². The molecular formula is C19H17F3N6. The van der Waals surface area contributed by atoms with Crippen molar-refractivity contribution in [1.82, 2.24) is 10.4 Å². The standard InChI is InChI=1S/C19H17F3N6/c1-12-4-2-6-14(10-12)19(23)26-17-16(24-8-9-28(17)27-19)25-15-7-3-5-13(11-15)18(20,21)22/h2-11,27H,23H2,1H3,(H,24,25). The van der Waals surface area contributed by atoms with Gasteiger partial charge in [-0.05, 0) is 25.1 Å². The van der Waals surface area contributed by atoms with Crippen LogP contribution >= 0.6 is 0 Å². The van der Waals surface area contributed by atoms with Gasteiger partial charge in [0.2, 0.25) is 5.79 Å². The molecule has 0 spiro atoms. The number of anilines is 1. The van der Waals surface area contributed by atoms with Gasteiger partial charge in [0.05, 0.1) is 5.56 Å². The van der Waals surface area contributed by atoms with E-state index >= 15 is 0 Å². The van der Waals surface area contributed by atoms with Gasteiger partial charge in [0.1, 0.15) is 0 Å². The molecule has 0 radical (unpaired) electrons. The van der Waals surface area contributed by atoms with Crippen molar-refractivity contribution in [3.63, 3.8) is 0 Å². The minimum absolute atomic E-state index is 0.247. The molecule has 0 saturated heterocycles. The van der Waals surface area contributed by atoms with E-state index < -0.39 is 17.5 Å². The van der Waals surface area contributed by atoms with Crippen molar-refractivity contribution in [2.24, 2.45) is 15.7 Å². The van der Waals surface area contributed by atoms with E-state index in [1.165, 1.54) is 18.3 Å².